The number of aryl methyl sites for hydroxylation is 1. The lowest BCUT2D eigenvalue weighted by Crippen LogP contribution is -1.84. The van der Waals surface area contributed by atoms with Gasteiger partial charge in [-0.05, 0) is 29.6 Å². The highest BCUT2D eigenvalue weighted by molar-refractivity contribution is 5.57. The van der Waals surface area contributed by atoms with Crippen LogP contribution in [0.25, 0.3) is 10.4 Å². The van der Waals surface area contributed by atoms with Gasteiger partial charge in [0.15, 0.2) is 0 Å². The first-order chi connectivity index (χ1) is 10.3. The van der Waals surface area contributed by atoms with Gasteiger partial charge in [0.25, 0.3) is 0 Å². The molecule has 0 aliphatic rings. The van der Waals surface area contributed by atoms with Crippen molar-refractivity contribution < 1.29 is 0 Å². The van der Waals surface area contributed by atoms with E-state index in [2.05, 4.69) is 26.0 Å². The molecule has 5 nitrogen and oxygen atoms in total. The van der Waals surface area contributed by atoms with Crippen LogP contribution in [-0.2, 0) is 13.1 Å². The third kappa shape index (κ3) is 4.62. The molecular weight excluding hydrogens is 262 g/mol. The SMILES string of the molecule is Cc1ccc(N=C=NCc2ccccc2)c(CN=[N+]=[N-])c1. The summed E-state index contributed by atoms with van der Waals surface area (Å²) >= 11 is 0. The third-order valence-electron chi connectivity index (χ3n) is 2.88. The van der Waals surface area contributed by atoms with Crippen molar-refractivity contribution in [1.82, 2.24) is 0 Å². The Balaban J connectivity index is 2.14. The maximum Gasteiger partial charge on any atom is 0.0952 e. The van der Waals surface area contributed by atoms with Crippen molar-refractivity contribution in [2.24, 2.45) is 15.1 Å². The molecule has 0 heterocycles. The molecule has 2 aromatic rings. The van der Waals surface area contributed by atoms with Gasteiger partial charge >= 0.3 is 0 Å². The van der Waals surface area contributed by atoms with Gasteiger partial charge in [0.05, 0.1) is 24.8 Å². The number of azide groups is 1. The fraction of sp³-hybridized carbons (Fsp3) is 0.188. The fourth-order valence-corrected chi connectivity index (χ4v) is 1.86. The number of hydrogen-bond acceptors (Lipinski definition) is 3. The standard InChI is InChI=1S/C16H15N5/c1-13-7-8-16(15(9-13)11-20-21-17)19-12-18-10-14-5-3-2-4-6-14/h2-9H,10-11H2,1H3. The summed E-state index contributed by atoms with van der Waals surface area (Å²) in [4.78, 5) is 11.2. The van der Waals surface area contributed by atoms with E-state index in [9.17, 15) is 0 Å². The summed E-state index contributed by atoms with van der Waals surface area (Å²) in [5.74, 6) is 0. The van der Waals surface area contributed by atoms with Gasteiger partial charge in [-0.3, -0.25) is 0 Å². The van der Waals surface area contributed by atoms with Gasteiger partial charge in [0.2, 0.25) is 0 Å². The molecule has 0 spiro atoms. The molecule has 0 aliphatic carbocycles. The zero-order valence-electron chi connectivity index (χ0n) is 11.8. The van der Waals surface area contributed by atoms with Crippen molar-refractivity contribution in [1.29, 1.82) is 0 Å². The van der Waals surface area contributed by atoms with E-state index >= 15 is 0 Å². The van der Waals surface area contributed by atoms with Crippen LogP contribution >= 0.6 is 0 Å². The molecule has 0 fully saturated rings. The van der Waals surface area contributed by atoms with Crippen LogP contribution in [0.15, 0.2) is 63.6 Å². The van der Waals surface area contributed by atoms with E-state index in [-0.39, 0.29) is 6.54 Å². The van der Waals surface area contributed by atoms with Gasteiger partial charge in [0.1, 0.15) is 0 Å². The van der Waals surface area contributed by atoms with Crippen LogP contribution in [0.2, 0.25) is 0 Å². The number of aliphatic imine (C=N–C) groups is 2. The van der Waals surface area contributed by atoms with Crippen molar-refractivity contribution in [3.05, 3.63) is 75.7 Å². The molecule has 0 amide bonds. The van der Waals surface area contributed by atoms with Crippen molar-refractivity contribution in [3.63, 3.8) is 0 Å². The van der Waals surface area contributed by atoms with Gasteiger partial charge in [-0.2, -0.15) is 4.99 Å². The van der Waals surface area contributed by atoms with E-state index in [0.717, 1.165) is 22.4 Å². The highest BCUT2D eigenvalue weighted by atomic mass is 15.1. The van der Waals surface area contributed by atoms with E-state index < -0.39 is 0 Å². The highest BCUT2D eigenvalue weighted by Gasteiger charge is 2.00. The lowest BCUT2D eigenvalue weighted by molar-refractivity contribution is 1.04. The van der Waals surface area contributed by atoms with Crippen molar-refractivity contribution in [3.8, 4) is 0 Å². The molecule has 0 saturated heterocycles. The molecule has 2 aromatic carbocycles. The normalized spacial score (nSPS) is 9.38. The van der Waals surface area contributed by atoms with Crippen molar-refractivity contribution in [2.75, 3.05) is 0 Å². The Morgan fingerprint density at radius 1 is 1.10 bits per heavy atom. The van der Waals surface area contributed by atoms with Crippen LogP contribution in [0.5, 0.6) is 0 Å². The largest absolute Gasteiger partial charge is 0.221 e. The predicted octanol–water partition coefficient (Wildman–Crippen LogP) is 4.81. The lowest BCUT2D eigenvalue weighted by atomic mass is 10.1. The summed E-state index contributed by atoms with van der Waals surface area (Å²) in [6.07, 6.45) is 0. The van der Waals surface area contributed by atoms with E-state index in [1.165, 1.54) is 0 Å². The molecule has 104 valence electrons. The molecule has 2 rings (SSSR count). The Morgan fingerprint density at radius 2 is 1.90 bits per heavy atom. The van der Waals surface area contributed by atoms with Gasteiger partial charge in [0, 0.05) is 4.91 Å². The second kappa shape index (κ2) is 7.65. The maximum absolute atomic E-state index is 8.42. The molecule has 0 aromatic heterocycles. The zero-order valence-corrected chi connectivity index (χ0v) is 11.8. The molecule has 0 bridgehead atoms. The van der Waals surface area contributed by atoms with Gasteiger partial charge in [-0.1, -0.05) is 53.1 Å². The van der Waals surface area contributed by atoms with E-state index in [1.807, 2.05) is 55.5 Å². The summed E-state index contributed by atoms with van der Waals surface area (Å²) in [5, 5.41) is 3.58. The van der Waals surface area contributed by atoms with Crippen LogP contribution in [0.4, 0.5) is 5.69 Å². The van der Waals surface area contributed by atoms with Gasteiger partial charge in [-0.15, -0.1) is 0 Å². The van der Waals surface area contributed by atoms with Crippen molar-refractivity contribution >= 4 is 11.7 Å². The summed E-state index contributed by atoms with van der Waals surface area (Å²) in [7, 11) is 0. The first kappa shape index (κ1) is 14.5. The first-order valence-corrected chi connectivity index (χ1v) is 6.56. The highest BCUT2D eigenvalue weighted by Crippen LogP contribution is 2.21. The second-order valence-corrected chi connectivity index (χ2v) is 4.53. The van der Waals surface area contributed by atoms with Crippen molar-refractivity contribution in [2.45, 2.75) is 20.0 Å². The number of hydrogen-bond donors (Lipinski definition) is 0. The van der Waals surface area contributed by atoms with Crippen LogP contribution in [0, 0.1) is 6.92 Å². The lowest BCUT2D eigenvalue weighted by Gasteiger charge is -2.02. The topological polar surface area (TPSA) is 73.5 Å². The molecule has 21 heavy (non-hydrogen) atoms. The molecule has 5 heteroatoms. The maximum atomic E-state index is 8.42. The summed E-state index contributed by atoms with van der Waals surface area (Å²) < 4.78 is 0. The Hall–Kier alpha value is -2.87. The number of benzene rings is 2. The summed E-state index contributed by atoms with van der Waals surface area (Å²) in [6.45, 7) is 2.80. The molecular formula is C16H15N5. The fourth-order valence-electron chi connectivity index (χ4n) is 1.86. The minimum atomic E-state index is 0.275. The number of rotatable bonds is 5. The average molecular weight is 277 g/mol. The van der Waals surface area contributed by atoms with E-state index in [0.29, 0.717) is 6.54 Å². The van der Waals surface area contributed by atoms with Crippen LogP contribution in [0.3, 0.4) is 0 Å². The first-order valence-electron chi connectivity index (χ1n) is 6.56. The Bertz CT molecular complexity index is 709. The average Bonchev–Trinajstić information content (AvgIpc) is 2.52. The van der Waals surface area contributed by atoms with Crippen LogP contribution < -0.4 is 0 Å². The minimum absolute atomic E-state index is 0.275. The molecule has 0 radical (unpaired) electrons. The molecule has 0 N–H and O–H groups in total. The van der Waals surface area contributed by atoms with Gasteiger partial charge in [-0.25, -0.2) is 4.99 Å². The molecule has 0 saturated carbocycles. The van der Waals surface area contributed by atoms with Crippen LogP contribution in [0.1, 0.15) is 16.7 Å². The predicted molar refractivity (Wildman–Crippen MR) is 83.7 cm³/mol. The molecule has 0 unspecified atom stereocenters. The smallest absolute Gasteiger partial charge is 0.0952 e. The summed E-state index contributed by atoms with van der Waals surface area (Å²) in [5.41, 5.74) is 12.2. The third-order valence-corrected chi connectivity index (χ3v) is 2.88. The molecule has 0 aliphatic heterocycles. The summed E-state index contributed by atoms with van der Waals surface area (Å²) in [6, 6.07) is 18.4. The Labute approximate surface area is 123 Å². The Kier molecular flexibility index (Phi) is 5.30. The van der Waals surface area contributed by atoms with E-state index in [1.54, 1.807) is 0 Å². The number of nitrogens with zero attached hydrogens (tertiary/aromatic N) is 5. The van der Waals surface area contributed by atoms with Gasteiger partial charge < -0.3 is 0 Å². The quantitative estimate of drug-likeness (QED) is 0.325. The monoisotopic (exact) mass is 277 g/mol. The second-order valence-electron chi connectivity index (χ2n) is 4.53. The minimum Gasteiger partial charge on any atom is -0.221 e. The zero-order chi connectivity index (χ0) is 14.9. The molecule has 0 atom stereocenters. The van der Waals surface area contributed by atoms with E-state index in [4.69, 9.17) is 5.53 Å². The van der Waals surface area contributed by atoms with Crippen LogP contribution in [-0.4, -0.2) is 6.01 Å². The Morgan fingerprint density at radius 3 is 2.67 bits per heavy atom.